The molecule has 5 rings (SSSR count). The number of nitrogens with zero attached hydrogens (tertiary/aromatic N) is 3. The molecule has 1 aromatic heterocycles. The molecule has 7 heteroatoms. The number of aryl methyl sites for hydroxylation is 2. The normalized spacial score (nSPS) is 16.6. The van der Waals surface area contributed by atoms with E-state index in [1.54, 1.807) is 30.5 Å². The van der Waals surface area contributed by atoms with E-state index in [1.807, 2.05) is 23.1 Å². The van der Waals surface area contributed by atoms with E-state index in [0.717, 1.165) is 43.2 Å². The predicted octanol–water partition coefficient (Wildman–Crippen LogP) is 5.25. The number of hydrogen-bond donors (Lipinski definition) is 1. The van der Waals surface area contributed by atoms with Crippen molar-refractivity contribution in [3.63, 3.8) is 0 Å². The number of aromatic nitrogens is 1. The van der Waals surface area contributed by atoms with Crippen LogP contribution in [0.4, 0.5) is 5.69 Å². The SMILES string of the molecule is Cc1cc(C)cc(NC(=S)N2CCC3(CCN(C(=O)c4ncccc4C(=O)c4ccccc4)C3)CC2)c1. The highest BCUT2D eigenvalue weighted by atomic mass is 32.1. The maximum Gasteiger partial charge on any atom is 0.273 e. The van der Waals surface area contributed by atoms with Crippen molar-refractivity contribution in [2.24, 2.45) is 5.41 Å². The Bertz CT molecular complexity index is 1310. The Morgan fingerprint density at radius 2 is 1.54 bits per heavy atom. The van der Waals surface area contributed by atoms with Gasteiger partial charge in [0.15, 0.2) is 10.9 Å². The second-order valence-corrected chi connectivity index (χ2v) is 10.8. The Morgan fingerprint density at radius 3 is 2.22 bits per heavy atom. The highest BCUT2D eigenvalue weighted by molar-refractivity contribution is 7.80. The van der Waals surface area contributed by atoms with Gasteiger partial charge in [-0.25, -0.2) is 0 Å². The number of benzene rings is 2. The zero-order chi connectivity index (χ0) is 26.0. The van der Waals surface area contributed by atoms with Crippen LogP contribution in [0.5, 0.6) is 0 Å². The number of pyridine rings is 1. The Labute approximate surface area is 223 Å². The largest absolute Gasteiger partial charge is 0.349 e. The summed E-state index contributed by atoms with van der Waals surface area (Å²) in [5.74, 6) is -0.338. The summed E-state index contributed by atoms with van der Waals surface area (Å²) in [6, 6.07) is 18.8. The third-order valence-electron chi connectivity index (χ3n) is 7.60. The van der Waals surface area contributed by atoms with Gasteiger partial charge in [-0.1, -0.05) is 36.4 Å². The van der Waals surface area contributed by atoms with Gasteiger partial charge in [0, 0.05) is 43.6 Å². The smallest absolute Gasteiger partial charge is 0.273 e. The van der Waals surface area contributed by atoms with E-state index in [2.05, 4.69) is 47.2 Å². The van der Waals surface area contributed by atoms with Crippen molar-refractivity contribution in [1.29, 1.82) is 0 Å². The van der Waals surface area contributed by atoms with Crippen molar-refractivity contribution >= 4 is 34.7 Å². The lowest BCUT2D eigenvalue weighted by Gasteiger charge is -2.40. The molecule has 2 aliphatic heterocycles. The van der Waals surface area contributed by atoms with E-state index in [9.17, 15) is 9.59 Å². The van der Waals surface area contributed by atoms with Crippen LogP contribution in [0, 0.1) is 19.3 Å². The zero-order valence-electron chi connectivity index (χ0n) is 21.4. The summed E-state index contributed by atoms with van der Waals surface area (Å²) in [7, 11) is 0. The number of thiocarbonyl (C=S) groups is 1. The number of piperidine rings is 1. The molecule has 6 nitrogen and oxygen atoms in total. The maximum atomic E-state index is 13.5. The average Bonchev–Trinajstić information content (AvgIpc) is 3.31. The first-order valence-electron chi connectivity index (χ1n) is 12.8. The van der Waals surface area contributed by atoms with Crippen LogP contribution >= 0.6 is 12.2 Å². The van der Waals surface area contributed by atoms with E-state index < -0.39 is 0 Å². The minimum Gasteiger partial charge on any atom is -0.349 e. The lowest BCUT2D eigenvalue weighted by Crippen LogP contribution is -2.46. The summed E-state index contributed by atoms with van der Waals surface area (Å²) in [6.07, 6.45) is 4.49. The molecule has 190 valence electrons. The first-order chi connectivity index (χ1) is 17.8. The number of carbonyl (C=O) groups excluding carboxylic acids is 2. The molecule has 2 aliphatic rings. The third kappa shape index (κ3) is 5.42. The van der Waals surface area contributed by atoms with Crippen molar-refractivity contribution in [2.45, 2.75) is 33.1 Å². The molecule has 0 saturated carbocycles. The van der Waals surface area contributed by atoms with E-state index in [1.165, 1.54) is 11.1 Å². The van der Waals surface area contributed by atoms with Crippen LogP contribution < -0.4 is 5.32 Å². The average molecular weight is 513 g/mol. The van der Waals surface area contributed by atoms with Gasteiger partial charge < -0.3 is 15.1 Å². The number of likely N-dealkylation sites (tertiary alicyclic amines) is 2. The zero-order valence-corrected chi connectivity index (χ0v) is 22.2. The standard InChI is InChI=1S/C30H32N4O2S/c1-21-17-22(2)19-24(18-21)32-29(37)33-14-10-30(11-15-33)12-16-34(20-30)28(36)26-25(9-6-13-31-26)27(35)23-7-4-3-5-8-23/h3-9,13,17-19H,10-12,14-16,20H2,1-2H3,(H,32,37). The number of anilines is 1. The van der Waals surface area contributed by atoms with E-state index in [0.29, 0.717) is 24.2 Å². The van der Waals surface area contributed by atoms with Crippen LogP contribution in [0.3, 0.4) is 0 Å². The molecule has 0 aliphatic carbocycles. The first-order valence-corrected chi connectivity index (χ1v) is 13.2. The van der Waals surface area contributed by atoms with Gasteiger partial charge in [0.05, 0.1) is 5.56 Å². The van der Waals surface area contributed by atoms with Crippen LogP contribution in [0.15, 0.2) is 66.9 Å². The van der Waals surface area contributed by atoms with E-state index in [4.69, 9.17) is 12.2 Å². The molecule has 1 N–H and O–H groups in total. The molecule has 0 unspecified atom stereocenters. The van der Waals surface area contributed by atoms with Gasteiger partial charge in [-0.15, -0.1) is 0 Å². The fourth-order valence-corrected chi connectivity index (χ4v) is 5.90. The molecule has 37 heavy (non-hydrogen) atoms. The highest BCUT2D eigenvalue weighted by Crippen LogP contribution is 2.41. The Kier molecular flexibility index (Phi) is 7.07. The molecule has 3 heterocycles. The summed E-state index contributed by atoms with van der Waals surface area (Å²) >= 11 is 5.72. The van der Waals surface area contributed by atoms with Crippen molar-refractivity contribution in [2.75, 3.05) is 31.5 Å². The quantitative estimate of drug-likeness (QED) is 0.380. The Balaban J connectivity index is 1.22. The molecule has 1 amide bonds. The van der Waals surface area contributed by atoms with Gasteiger partial charge in [0.1, 0.15) is 5.69 Å². The molecule has 1 spiro atoms. The van der Waals surface area contributed by atoms with Gasteiger partial charge in [-0.2, -0.15) is 0 Å². The third-order valence-corrected chi connectivity index (χ3v) is 7.96. The minimum absolute atomic E-state index is 0.0834. The minimum atomic E-state index is -0.177. The van der Waals surface area contributed by atoms with Crippen LogP contribution in [0.25, 0.3) is 0 Å². The van der Waals surface area contributed by atoms with Gasteiger partial charge >= 0.3 is 0 Å². The predicted molar refractivity (Wildman–Crippen MR) is 150 cm³/mol. The van der Waals surface area contributed by atoms with Gasteiger partial charge in [-0.3, -0.25) is 14.6 Å². The Hall–Kier alpha value is -3.58. The van der Waals surface area contributed by atoms with E-state index >= 15 is 0 Å². The molecule has 0 radical (unpaired) electrons. The summed E-state index contributed by atoms with van der Waals surface area (Å²) in [4.78, 5) is 35.1. The first kappa shape index (κ1) is 25.1. The van der Waals surface area contributed by atoms with Crippen LogP contribution in [-0.4, -0.2) is 57.8 Å². The summed E-state index contributed by atoms with van der Waals surface area (Å²) in [5.41, 5.74) is 4.68. The molecule has 3 aromatic rings. The topological polar surface area (TPSA) is 65.5 Å². The highest BCUT2D eigenvalue weighted by Gasteiger charge is 2.43. The lowest BCUT2D eigenvalue weighted by atomic mass is 9.78. The number of carbonyl (C=O) groups is 2. The molecule has 2 fully saturated rings. The number of nitrogens with one attached hydrogen (secondary N) is 1. The fourth-order valence-electron chi connectivity index (χ4n) is 5.60. The molecule has 0 atom stereocenters. The summed E-state index contributed by atoms with van der Waals surface area (Å²) in [6.45, 7) is 7.27. The molecular formula is C30H32N4O2S. The monoisotopic (exact) mass is 512 g/mol. The van der Waals surface area contributed by atoms with Crippen LogP contribution in [0.2, 0.25) is 0 Å². The molecule has 2 saturated heterocycles. The van der Waals surface area contributed by atoms with Crippen molar-refractivity contribution in [3.05, 3.63) is 94.8 Å². The van der Waals surface area contributed by atoms with Crippen LogP contribution in [0.1, 0.15) is 56.8 Å². The molecule has 0 bridgehead atoms. The maximum absolute atomic E-state index is 13.5. The Morgan fingerprint density at radius 1 is 0.892 bits per heavy atom. The number of hydrogen-bond acceptors (Lipinski definition) is 4. The molecular weight excluding hydrogens is 480 g/mol. The lowest BCUT2D eigenvalue weighted by molar-refractivity contribution is 0.0739. The van der Waals surface area contributed by atoms with Crippen LogP contribution in [-0.2, 0) is 0 Å². The number of rotatable bonds is 4. The van der Waals surface area contributed by atoms with Crippen molar-refractivity contribution in [1.82, 2.24) is 14.8 Å². The summed E-state index contributed by atoms with van der Waals surface area (Å²) in [5, 5.41) is 4.16. The molecule has 2 aromatic carbocycles. The number of amides is 1. The van der Waals surface area contributed by atoms with Gasteiger partial charge in [-0.05, 0) is 86.1 Å². The van der Waals surface area contributed by atoms with Gasteiger partial charge in [0.25, 0.3) is 5.91 Å². The van der Waals surface area contributed by atoms with Crippen molar-refractivity contribution in [3.8, 4) is 0 Å². The number of ketones is 1. The van der Waals surface area contributed by atoms with E-state index in [-0.39, 0.29) is 22.8 Å². The van der Waals surface area contributed by atoms with Gasteiger partial charge in [0.2, 0.25) is 0 Å². The van der Waals surface area contributed by atoms with Crippen molar-refractivity contribution < 1.29 is 9.59 Å². The second kappa shape index (κ2) is 10.4. The summed E-state index contributed by atoms with van der Waals surface area (Å²) < 4.78 is 0. The second-order valence-electron chi connectivity index (χ2n) is 10.4. The fraction of sp³-hybridized carbons (Fsp3) is 0.333.